The van der Waals surface area contributed by atoms with Crippen LogP contribution in [0.2, 0.25) is 0 Å². The molecule has 13 heteroatoms. The largest absolute Gasteiger partial charge is 0.490 e. The zero-order chi connectivity index (χ0) is 24.8. The lowest BCUT2D eigenvalue weighted by molar-refractivity contribution is -0.193. The molecule has 33 heavy (non-hydrogen) atoms. The number of carboxylic acid groups (broad SMARTS) is 2. The molecule has 1 aromatic rings. The van der Waals surface area contributed by atoms with Gasteiger partial charge >= 0.3 is 24.3 Å². The lowest BCUT2D eigenvalue weighted by Gasteiger charge is -2.25. The quantitative estimate of drug-likeness (QED) is 0.632. The van der Waals surface area contributed by atoms with Gasteiger partial charge in [-0.1, -0.05) is 6.07 Å². The number of carbonyl (C=O) groups is 2. The molecule has 0 spiro atoms. The van der Waals surface area contributed by atoms with Gasteiger partial charge in [0.05, 0.1) is 0 Å². The summed E-state index contributed by atoms with van der Waals surface area (Å²) in [5, 5.41) is 14.2. The van der Waals surface area contributed by atoms with Crippen LogP contribution in [0.1, 0.15) is 31.2 Å². The van der Waals surface area contributed by atoms with Crippen LogP contribution >= 0.6 is 0 Å². The second-order valence-electron chi connectivity index (χ2n) is 8.09. The van der Waals surface area contributed by atoms with Crippen molar-refractivity contribution in [1.82, 2.24) is 14.8 Å². The number of hydrogen-bond donors (Lipinski definition) is 2. The van der Waals surface area contributed by atoms with Gasteiger partial charge < -0.3 is 10.2 Å². The van der Waals surface area contributed by atoms with E-state index in [-0.39, 0.29) is 0 Å². The highest BCUT2D eigenvalue weighted by molar-refractivity contribution is 5.73. The first kappa shape index (κ1) is 26.8. The second-order valence-corrected chi connectivity index (χ2v) is 8.09. The number of hydrogen-bond acceptors (Lipinski definition) is 5. The van der Waals surface area contributed by atoms with E-state index in [1.165, 1.54) is 50.9 Å². The molecule has 2 saturated heterocycles. The molecule has 3 heterocycles. The van der Waals surface area contributed by atoms with Gasteiger partial charge in [-0.2, -0.15) is 26.3 Å². The molecule has 7 nitrogen and oxygen atoms in total. The maximum Gasteiger partial charge on any atom is 0.490 e. The summed E-state index contributed by atoms with van der Waals surface area (Å²) >= 11 is 0. The van der Waals surface area contributed by atoms with Gasteiger partial charge in [-0.25, -0.2) is 9.59 Å². The summed E-state index contributed by atoms with van der Waals surface area (Å²) in [6, 6.07) is 5.91. The van der Waals surface area contributed by atoms with E-state index in [4.69, 9.17) is 19.8 Å². The average molecular weight is 485 g/mol. The van der Waals surface area contributed by atoms with Crippen LogP contribution in [0, 0.1) is 5.92 Å². The van der Waals surface area contributed by atoms with Crippen LogP contribution in [0.4, 0.5) is 26.3 Å². The van der Waals surface area contributed by atoms with Gasteiger partial charge in [0, 0.05) is 50.7 Å². The number of likely N-dealkylation sites (tertiary alicyclic amines) is 2. The van der Waals surface area contributed by atoms with Crippen molar-refractivity contribution in [1.29, 1.82) is 0 Å². The third kappa shape index (κ3) is 8.80. The van der Waals surface area contributed by atoms with E-state index in [1.54, 1.807) is 0 Å². The van der Waals surface area contributed by atoms with Crippen molar-refractivity contribution in [2.24, 2.45) is 5.92 Å². The maximum absolute atomic E-state index is 10.6. The Labute approximate surface area is 186 Å². The van der Waals surface area contributed by atoms with E-state index in [2.05, 4.69) is 26.9 Å². The standard InChI is InChI=1S/C16H23N3.2C2HF3O2/c1-2-14(10-17-7-1)12-19-9-6-15-16(19)5-8-18(15)11-13-3-4-13;2*3-2(4,5)1(6)7/h1-2,7,10,13,15-16H,3-6,8-9,11-12H2;2*(H,6,7)/t15-,16+;;/m1../s1. The highest BCUT2D eigenvalue weighted by atomic mass is 19.4. The molecule has 1 aliphatic carbocycles. The molecule has 3 aliphatic rings. The number of fused-ring (bicyclic) bond motifs is 1. The minimum absolute atomic E-state index is 0.805. The Hall–Kier alpha value is -2.41. The molecule has 0 radical (unpaired) electrons. The van der Waals surface area contributed by atoms with E-state index in [0.717, 1.165) is 24.5 Å². The molecular weight excluding hydrogens is 460 g/mol. The first-order valence-electron chi connectivity index (χ1n) is 10.3. The minimum Gasteiger partial charge on any atom is -0.475 e. The predicted octanol–water partition coefficient (Wildman–Crippen LogP) is 3.41. The van der Waals surface area contributed by atoms with Crippen molar-refractivity contribution in [3.63, 3.8) is 0 Å². The third-order valence-electron chi connectivity index (χ3n) is 5.59. The Kier molecular flexibility index (Phi) is 9.06. The topological polar surface area (TPSA) is 94.0 Å². The highest BCUT2D eigenvalue weighted by Crippen LogP contribution is 2.37. The van der Waals surface area contributed by atoms with Crippen molar-refractivity contribution >= 4 is 11.9 Å². The molecule has 0 aromatic carbocycles. The summed E-state index contributed by atoms with van der Waals surface area (Å²) in [7, 11) is 0. The fraction of sp³-hybridized carbons (Fsp3) is 0.650. The van der Waals surface area contributed by atoms with Gasteiger partial charge in [-0.3, -0.25) is 14.8 Å². The Balaban J connectivity index is 0.000000230. The fourth-order valence-corrected chi connectivity index (χ4v) is 3.95. The van der Waals surface area contributed by atoms with Crippen LogP contribution < -0.4 is 0 Å². The summed E-state index contributed by atoms with van der Waals surface area (Å²) in [4.78, 5) is 27.5. The van der Waals surface area contributed by atoms with Gasteiger partial charge in [0.1, 0.15) is 0 Å². The Morgan fingerprint density at radius 3 is 1.82 bits per heavy atom. The summed E-state index contributed by atoms with van der Waals surface area (Å²) in [5.41, 5.74) is 1.36. The second kappa shape index (κ2) is 11.1. The maximum atomic E-state index is 10.6. The molecule has 2 atom stereocenters. The lowest BCUT2D eigenvalue weighted by atomic mass is 10.1. The van der Waals surface area contributed by atoms with Crippen LogP contribution in [0.25, 0.3) is 0 Å². The molecule has 2 aliphatic heterocycles. The van der Waals surface area contributed by atoms with E-state index < -0.39 is 24.3 Å². The Morgan fingerprint density at radius 2 is 1.39 bits per heavy atom. The molecule has 3 fully saturated rings. The summed E-state index contributed by atoms with van der Waals surface area (Å²) in [5.74, 6) is -4.48. The number of pyridine rings is 1. The normalized spacial score (nSPS) is 23.1. The number of alkyl halides is 6. The molecule has 0 amide bonds. The van der Waals surface area contributed by atoms with Gasteiger partial charge in [0.15, 0.2) is 0 Å². The first-order chi connectivity index (χ1) is 15.3. The Morgan fingerprint density at radius 1 is 0.909 bits per heavy atom. The van der Waals surface area contributed by atoms with Crippen LogP contribution in [0.3, 0.4) is 0 Å². The van der Waals surface area contributed by atoms with Crippen LogP contribution in [-0.4, -0.2) is 81.0 Å². The summed E-state index contributed by atoms with van der Waals surface area (Å²) in [6.45, 7) is 5.06. The number of carboxylic acids is 2. The Bertz CT molecular complexity index is 762. The molecule has 1 saturated carbocycles. The summed E-state index contributed by atoms with van der Waals surface area (Å²) in [6.07, 6.45) is -0.580. The molecule has 1 aromatic heterocycles. The van der Waals surface area contributed by atoms with Crippen LogP contribution in [-0.2, 0) is 16.1 Å². The molecule has 0 bridgehead atoms. The number of halogens is 6. The van der Waals surface area contributed by atoms with Gasteiger partial charge in [-0.15, -0.1) is 0 Å². The third-order valence-corrected chi connectivity index (χ3v) is 5.59. The smallest absolute Gasteiger partial charge is 0.475 e. The number of aromatic nitrogens is 1. The van der Waals surface area contributed by atoms with E-state index in [9.17, 15) is 26.3 Å². The predicted molar refractivity (Wildman–Crippen MR) is 103 cm³/mol. The van der Waals surface area contributed by atoms with Crippen molar-refractivity contribution < 1.29 is 46.1 Å². The van der Waals surface area contributed by atoms with Crippen molar-refractivity contribution in [2.45, 2.75) is 56.7 Å². The fourth-order valence-electron chi connectivity index (χ4n) is 3.95. The number of nitrogens with zero attached hydrogens (tertiary/aromatic N) is 3. The SMILES string of the molecule is O=C(O)C(F)(F)F.O=C(O)C(F)(F)F.c1cncc(CN2CC[C@@H]3[C@@H]2CCN3CC2CC2)c1. The van der Waals surface area contributed by atoms with Crippen molar-refractivity contribution in [2.75, 3.05) is 19.6 Å². The summed E-state index contributed by atoms with van der Waals surface area (Å²) < 4.78 is 63.5. The van der Waals surface area contributed by atoms with E-state index >= 15 is 0 Å². The zero-order valence-corrected chi connectivity index (χ0v) is 17.5. The average Bonchev–Trinajstić information content (AvgIpc) is 3.31. The number of aliphatic carboxylic acids is 2. The van der Waals surface area contributed by atoms with Crippen LogP contribution in [0.15, 0.2) is 24.5 Å². The van der Waals surface area contributed by atoms with Gasteiger partial charge in [0.25, 0.3) is 0 Å². The molecule has 0 unspecified atom stereocenters. The van der Waals surface area contributed by atoms with E-state index in [1.807, 2.05) is 12.4 Å². The monoisotopic (exact) mass is 485 g/mol. The molecular formula is C20H25F6N3O4. The van der Waals surface area contributed by atoms with E-state index in [0.29, 0.717) is 0 Å². The zero-order valence-electron chi connectivity index (χ0n) is 17.5. The minimum atomic E-state index is -5.08. The molecule has 186 valence electrons. The van der Waals surface area contributed by atoms with Crippen LogP contribution in [0.5, 0.6) is 0 Å². The molecule has 4 rings (SSSR count). The number of rotatable bonds is 4. The highest BCUT2D eigenvalue weighted by Gasteiger charge is 2.43. The molecule has 2 N–H and O–H groups in total. The van der Waals surface area contributed by atoms with Crippen molar-refractivity contribution in [3.05, 3.63) is 30.1 Å². The van der Waals surface area contributed by atoms with Crippen molar-refractivity contribution in [3.8, 4) is 0 Å². The lowest BCUT2D eigenvalue weighted by Crippen LogP contribution is -2.37. The van der Waals surface area contributed by atoms with Gasteiger partial charge in [-0.05, 0) is 43.2 Å². The first-order valence-corrected chi connectivity index (χ1v) is 10.3. The van der Waals surface area contributed by atoms with Gasteiger partial charge in [0.2, 0.25) is 0 Å².